The summed E-state index contributed by atoms with van der Waals surface area (Å²) in [4.78, 5) is 21.4. The summed E-state index contributed by atoms with van der Waals surface area (Å²) in [6, 6.07) is 7.35. The van der Waals surface area contributed by atoms with Crippen LogP contribution < -0.4 is 0 Å². The van der Waals surface area contributed by atoms with E-state index in [4.69, 9.17) is 14.5 Å². The van der Waals surface area contributed by atoms with Crippen LogP contribution in [-0.2, 0) is 14.5 Å². The molecule has 4 heteroatoms. The number of ether oxygens (including phenoxy) is 1. The third-order valence-corrected chi connectivity index (χ3v) is 4.09. The maximum absolute atomic E-state index is 11.8. The Morgan fingerprint density at radius 2 is 1.88 bits per heavy atom. The number of hydrogen-bond donors (Lipinski definition) is 0. The predicted octanol–water partition coefficient (Wildman–Crippen LogP) is 5.29. The van der Waals surface area contributed by atoms with Crippen LogP contribution in [0.15, 0.2) is 24.3 Å². The fourth-order valence-corrected chi connectivity index (χ4v) is 2.34. The van der Waals surface area contributed by atoms with Crippen LogP contribution in [0.2, 0.25) is 0 Å². The van der Waals surface area contributed by atoms with Gasteiger partial charge < -0.3 is 4.74 Å². The van der Waals surface area contributed by atoms with Gasteiger partial charge in [-0.1, -0.05) is 59.1 Å². The molecule has 0 heterocycles. The molecule has 1 unspecified atom stereocenters. The third kappa shape index (κ3) is 7.93. The maximum Gasteiger partial charge on any atom is 0.373 e. The summed E-state index contributed by atoms with van der Waals surface area (Å²) in [5, 5.41) is 0. The fourth-order valence-electron chi connectivity index (χ4n) is 2.34. The van der Waals surface area contributed by atoms with Crippen molar-refractivity contribution in [3.05, 3.63) is 42.0 Å². The van der Waals surface area contributed by atoms with Crippen LogP contribution in [0.5, 0.6) is 0 Å². The first-order valence-corrected chi connectivity index (χ1v) is 8.95. The van der Waals surface area contributed by atoms with Gasteiger partial charge >= 0.3 is 5.97 Å². The zero-order valence-electron chi connectivity index (χ0n) is 15.4. The van der Waals surface area contributed by atoms with Gasteiger partial charge in [0.2, 0.25) is 0 Å². The lowest BCUT2D eigenvalue weighted by Gasteiger charge is -2.14. The summed E-state index contributed by atoms with van der Waals surface area (Å²) in [6.45, 7) is 11.0. The second kappa shape index (κ2) is 12.0. The molecular formula is C20H31O4. The smallest absolute Gasteiger partial charge is 0.373 e. The van der Waals surface area contributed by atoms with Crippen molar-refractivity contribution in [2.75, 3.05) is 13.2 Å². The van der Waals surface area contributed by atoms with Gasteiger partial charge in [-0.25, -0.2) is 4.79 Å². The zero-order valence-corrected chi connectivity index (χ0v) is 15.4. The van der Waals surface area contributed by atoms with Crippen molar-refractivity contribution in [3.8, 4) is 0 Å². The Bertz CT molecular complexity index is 453. The van der Waals surface area contributed by atoms with Crippen molar-refractivity contribution in [3.63, 3.8) is 0 Å². The van der Waals surface area contributed by atoms with Gasteiger partial charge in [0, 0.05) is 6.61 Å². The van der Waals surface area contributed by atoms with Crippen molar-refractivity contribution in [2.45, 2.75) is 59.3 Å². The average molecular weight is 335 g/mol. The molecule has 0 aromatic heterocycles. The van der Waals surface area contributed by atoms with Crippen LogP contribution in [0.3, 0.4) is 0 Å². The first-order chi connectivity index (χ1) is 11.6. The molecule has 0 spiro atoms. The third-order valence-electron chi connectivity index (χ3n) is 4.09. The molecule has 0 saturated heterocycles. The van der Waals surface area contributed by atoms with Crippen molar-refractivity contribution in [1.29, 1.82) is 0 Å². The van der Waals surface area contributed by atoms with Gasteiger partial charge in [0.25, 0.3) is 0 Å². The number of carbonyl (C=O) groups excluding carboxylic acids is 1. The van der Waals surface area contributed by atoms with E-state index in [9.17, 15) is 4.79 Å². The van der Waals surface area contributed by atoms with Crippen LogP contribution in [-0.4, -0.2) is 19.2 Å². The Morgan fingerprint density at radius 1 is 1.17 bits per heavy atom. The highest BCUT2D eigenvalue weighted by Gasteiger charge is 2.10. The predicted molar refractivity (Wildman–Crippen MR) is 95.5 cm³/mol. The normalized spacial score (nSPS) is 12.4. The zero-order chi connectivity index (χ0) is 17.8. The molecule has 1 rings (SSSR count). The number of carbonyl (C=O) groups is 1. The molecule has 0 aliphatic rings. The van der Waals surface area contributed by atoms with Gasteiger partial charge in [0.05, 0.1) is 12.2 Å². The minimum absolute atomic E-state index is 0.308. The van der Waals surface area contributed by atoms with Gasteiger partial charge in [-0.3, -0.25) is 4.89 Å². The Morgan fingerprint density at radius 3 is 2.46 bits per heavy atom. The number of benzene rings is 1. The van der Waals surface area contributed by atoms with Crippen molar-refractivity contribution in [2.24, 2.45) is 5.92 Å². The van der Waals surface area contributed by atoms with Crippen LogP contribution in [0.1, 0.15) is 75.2 Å². The lowest BCUT2D eigenvalue weighted by Crippen LogP contribution is -2.11. The van der Waals surface area contributed by atoms with Crippen LogP contribution in [0.4, 0.5) is 0 Å². The molecule has 0 amide bonds. The summed E-state index contributed by atoms with van der Waals surface area (Å²) in [5.41, 5.74) is 1.65. The molecule has 4 nitrogen and oxygen atoms in total. The van der Waals surface area contributed by atoms with E-state index in [0.29, 0.717) is 30.6 Å². The van der Waals surface area contributed by atoms with Gasteiger partial charge in [0.1, 0.15) is 0 Å². The second-order valence-corrected chi connectivity index (χ2v) is 6.36. The summed E-state index contributed by atoms with van der Waals surface area (Å²) in [6.07, 6.45) is 4.74. The average Bonchev–Trinajstić information content (AvgIpc) is 2.60. The largest absolute Gasteiger partial charge is 0.378 e. The van der Waals surface area contributed by atoms with E-state index in [2.05, 4.69) is 27.7 Å². The van der Waals surface area contributed by atoms with Crippen LogP contribution in [0, 0.1) is 12.5 Å². The minimum Gasteiger partial charge on any atom is -0.378 e. The molecule has 1 radical (unpaired) electrons. The highest BCUT2D eigenvalue weighted by Crippen LogP contribution is 2.15. The first kappa shape index (κ1) is 20.7. The molecule has 24 heavy (non-hydrogen) atoms. The highest BCUT2D eigenvalue weighted by atomic mass is 17.2. The Hall–Kier alpha value is -1.39. The number of unbranched alkanes of at least 4 members (excludes halogenated alkanes) is 1. The van der Waals surface area contributed by atoms with E-state index in [-0.39, 0.29) is 0 Å². The molecule has 0 fully saturated rings. The molecule has 0 bridgehead atoms. The first-order valence-electron chi connectivity index (χ1n) is 8.95. The second-order valence-electron chi connectivity index (χ2n) is 6.36. The number of hydrogen-bond acceptors (Lipinski definition) is 4. The monoisotopic (exact) mass is 335 g/mol. The molecule has 135 valence electrons. The maximum atomic E-state index is 11.8. The SMILES string of the molecule is CCCCC(CC)COC[CH]OOC(=O)c1ccc(C(C)C)cc1. The van der Waals surface area contributed by atoms with Crippen molar-refractivity contribution in [1.82, 2.24) is 0 Å². The highest BCUT2D eigenvalue weighted by molar-refractivity contribution is 5.88. The van der Waals surface area contributed by atoms with Gasteiger partial charge in [0.15, 0.2) is 6.61 Å². The lowest BCUT2D eigenvalue weighted by molar-refractivity contribution is -0.218. The summed E-state index contributed by atoms with van der Waals surface area (Å²) in [7, 11) is 0. The Balaban J connectivity index is 2.17. The minimum atomic E-state index is -0.504. The molecular weight excluding hydrogens is 304 g/mol. The summed E-state index contributed by atoms with van der Waals surface area (Å²) in [5.74, 6) is 0.511. The van der Waals surface area contributed by atoms with E-state index >= 15 is 0 Å². The summed E-state index contributed by atoms with van der Waals surface area (Å²) >= 11 is 0. The Kier molecular flexibility index (Phi) is 10.4. The van der Waals surface area contributed by atoms with Crippen molar-refractivity contribution < 1.29 is 19.3 Å². The standard InChI is InChI=1S/C20H31O4/c1-5-7-8-17(6-2)15-22-13-14-23-24-20(21)19-11-9-18(10-12-19)16(3)4/h9-12,14,16-17H,5-8,13,15H2,1-4H3. The fraction of sp³-hybridized carbons (Fsp3) is 0.600. The van der Waals surface area contributed by atoms with Crippen LogP contribution in [0.25, 0.3) is 0 Å². The lowest BCUT2D eigenvalue weighted by atomic mass is 10.0. The number of rotatable bonds is 12. The molecule has 1 aromatic rings. The topological polar surface area (TPSA) is 44.8 Å². The molecule has 1 atom stereocenters. The van der Waals surface area contributed by atoms with Gasteiger partial charge in [-0.05, 0) is 36.0 Å². The van der Waals surface area contributed by atoms with Crippen LogP contribution >= 0.6 is 0 Å². The molecule has 0 N–H and O–H groups in total. The molecule has 0 aliphatic heterocycles. The molecule has 0 aliphatic carbocycles. The van der Waals surface area contributed by atoms with Gasteiger partial charge in [-0.15, -0.1) is 0 Å². The van der Waals surface area contributed by atoms with E-state index in [1.807, 2.05) is 12.1 Å². The quantitative estimate of drug-likeness (QED) is 0.296. The van der Waals surface area contributed by atoms with E-state index in [1.54, 1.807) is 12.1 Å². The van der Waals surface area contributed by atoms with E-state index in [1.165, 1.54) is 31.4 Å². The Labute approximate surface area is 146 Å². The molecule has 1 aromatic carbocycles. The van der Waals surface area contributed by atoms with E-state index in [0.717, 1.165) is 6.42 Å². The molecule has 0 saturated carbocycles. The van der Waals surface area contributed by atoms with Gasteiger partial charge in [-0.2, -0.15) is 4.89 Å². The summed E-state index contributed by atoms with van der Waals surface area (Å²) < 4.78 is 5.54. The van der Waals surface area contributed by atoms with Crippen molar-refractivity contribution >= 4 is 5.97 Å². The van der Waals surface area contributed by atoms with E-state index < -0.39 is 5.97 Å².